The van der Waals surface area contributed by atoms with E-state index in [0.29, 0.717) is 23.3 Å². The lowest BCUT2D eigenvalue weighted by Crippen LogP contribution is -2.30. The molecule has 1 unspecified atom stereocenters. The van der Waals surface area contributed by atoms with E-state index in [1.807, 2.05) is 20.8 Å². The van der Waals surface area contributed by atoms with Gasteiger partial charge in [0.1, 0.15) is 5.82 Å². The van der Waals surface area contributed by atoms with Crippen molar-refractivity contribution in [2.24, 2.45) is 5.92 Å². The van der Waals surface area contributed by atoms with Crippen LogP contribution >= 0.6 is 0 Å². The van der Waals surface area contributed by atoms with Crippen molar-refractivity contribution in [3.63, 3.8) is 0 Å². The lowest BCUT2D eigenvalue weighted by molar-refractivity contribution is 0.249. The van der Waals surface area contributed by atoms with Crippen LogP contribution in [-0.2, 0) is 0 Å². The second kappa shape index (κ2) is 5.83. The third-order valence-corrected chi connectivity index (χ3v) is 2.97. The number of aliphatic hydroxyl groups excluding tert-OH is 1. The number of hydrogen-bond donors (Lipinski definition) is 4. The molecule has 0 saturated heterocycles. The zero-order valence-electron chi connectivity index (χ0n) is 11.4. The third-order valence-electron chi connectivity index (χ3n) is 2.97. The summed E-state index contributed by atoms with van der Waals surface area (Å²) in [7, 11) is 0. The molecule has 0 bridgehead atoms. The van der Waals surface area contributed by atoms with Crippen LogP contribution in [0.25, 0.3) is 11.0 Å². The minimum absolute atomic E-state index is 0.0531. The summed E-state index contributed by atoms with van der Waals surface area (Å²) in [5.74, 6) is 1.52. The monoisotopic (exact) mass is 264 g/mol. The molecule has 7 heteroatoms. The lowest BCUT2D eigenvalue weighted by atomic mass is 10.1. The molecular weight excluding hydrogens is 244 g/mol. The molecule has 0 saturated carbocycles. The third kappa shape index (κ3) is 2.93. The summed E-state index contributed by atoms with van der Waals surface area (Å²) in [5.41, 5.74) is 0.675. The normalized spacial score (nSPS) is 12.9. The van der Waals surface area contributed by atoms with Gasteiger partial charge in [-0.3, -0.25) is 5.10 Å². The zero-order chi connectivity index (χ0) is 13.8. The second-order valence-electron chi connectivity index (χ2n) is 4.74. The van der Waals surface area contributed by atoms with Crippen LogP contribution in [0, 0.1) is 5.92 Å². The molecule has 2 aromatic heterocycles. The van der Waals surface area contributed by atoms with Gasteiger partial charge in [-0.1, -0.05) is 13.8 Å². The van der Waals surface area contributed by atoms with E-state index in [-0.39, 0.29) is 12.6 Å². The number of hydrogen-bond acceptors (Lipinski definition) is 6. The summed E-state index contributed by atoms with van der Waals surface area (Å²) in [6.07, 6.45) is 1.68. The number of fused-ring (bicyclic) bond motifs is 1. The van der Waals surface area contributed by atoms with Crippen molar-refractivity contribution in [1.82, 2.24) is 20.2 Å². The largest absolute Gasteiger partial charge is 0.394 e. The molecule has 0 aliphatic carbocycles. The van der Waals surface area contributed by atoms with Crippen LogP contribution in [0.15, 0.2) is 6.20 Å². The van der Waals surface area contributed by atoms with Gasteiger partial charge in [0.25, 0.3) is 0 Å². The molecule has 2 aromatic rings. The number of aromatic nitrogens is 4. The highest BCUT2D eigenvalue weighted by molar-refractivity contribution is 5.87. The second-order valence-corrected chi connectivity index (χ2v) is 4.74. The van der Waals surface area contributed by atoms with Crippen molar-refractivity contribution < 1.29 is 5.11 Å². The molecule has 0 amide bonds. The smallest absolute Gasteiger partial charge is 0.226 e. The summed E-state index contributed by atoms with van der Waals surface area (Å²) in [4.78, 5) is 8.75. The Bertz CT molecular complexity index is 538. The molecule has 0 aliphatic rings. The molecule has 0 aliphatic heterocycles. The average Bonchev–Trinajstić information content (AvgIpc) is 2.84. The van der Waals surface area contributed by atoms with Gasteiger partial charge in [0.05, 0.1) is 24.2 Å². The van der Waals surface area contributed by atoms with Crippen LogP contribution in [0.1, 0.15) is 20.8 Å². The fraction of sp³-hybridized carbons (Fsp3) is 0.583. The van der Waals surface area contributed by atoms with Crippen molar-refractivity contribution in [2.75, 3.05) is 23.8 Å². The minimum atomic E-state index is -0.0533. The Labute approximate surface area is 111 Å². The van der Waals surface area contributed by atoms with Gasteiger partial charge < -0.3 is 15.7 Å². The lowest BCUT2D eigenvalue weighted by Gasteiger charge is -2.21. The van der Waals surface area contributed by atoms with Gasteiger partial charge in [-0.05, 0) is 12.8 Å². The first-order chi connectivity index (χ1) is 9.15. The predicted molar refractivity (Wildman–Crippen MR) is 75.2 cm³/mol. The molecule has 4 N–H and O–H groups in total. The van der Waals surface area contributed by atoms with Crippen LogP contribution in [-0.4, -0.2) is 44.5 Å². The van der Waals surface area contributed by atoms with Gasteiger partial charge in [0.2, 0.25) is 5.95 Å². The van der Waals surface area contributed by atoms with Gasteiger partial charge in [-0.2, -0.15) is 15.1 Å². The Balaban J connectivity index is 2.36. The van der Waals surface area contributed by atoms with Crippen LogP contribution in [0.5, 0.6) is 0 Å². The van der Waals surface area contributed by atoms with Crippen molar-refractivity contribution >= 4 is 22.8 Å². The quantitative estimate of drug-likeness (QED) is 0.626. The zero-order valence-corrected chi connectivity index (χ0v) is 11.4. The molecule has 0 spiro atoms. The van der Waals surface area contributed by atoms with Crippen molar-refractivity contribution in [2.45, 2.75) is 26.8 Å². The van der Waals surface area contributed by atoms with E-state index in [1.165, 1.54) is 0 Å². The number of anilines is 2. The maximum absolute atomic E-state index is 9.41. The Morgan fingerprint density at radius 2 is 2.16 bits per heavy atom. The van der Waals surface area contributed by atoms with E-state index in [9.17, 15) is 5.11 Å². The van der Waals surface area contributed by atoms with Crippen molar-refractivity contribution in [3.05, 3.63) is 6.20 Å². The molecule has 1 atom stereocenters. The topological polar surface area (TPSA) is 98.8 Å². The number of H-pyrrole nitrogens is 1. The molecule has 104 valence electrons. The first-order valence-electron chi connectivity index (χ1n) is 6.48. The van der Waals surface area contributed by atoms with E-state index in [1.54, 1.807) is 6.20 Å². The predicted octanol–water partition coefficient (Wildman–Crippen LogP) is 1.21. The number of nitrogens with zero attached hydrogens (tertiary/aromatic N) is 3. The molecule has 0 aromatic carbocycles. The molecule has 0 fully saturated rings. The van der Waals surface area contributed by atoms with Crippen LogP contribution in [0.3, 0.4) is 0 Å². The summed E-state index contributed by atoms with van der Waals surface area (Å²) in [5, 5.41) is 23.4. The van der Waals surface area contributed by atoms with Gasteiger partial charge in [0, 0.05) is 6.54 Å². The van der Waals surface area contributed by atoms with E-state index >= 15 is 0 Å². The summed E-state index contributed by atoms with van der Waals surface area (Å²) in [6.45, 7) is 6.88. The van der Waals surface area contributed by atoms with Crippen LogP contribution < -0.4 is 10.6 Å². The number of aromatic amines is 1. The summed E-state index contributed by atoms with van der Waals surface area (Å²) < 4.78 is 0. The summed E-state index contributed by atoms with van der Waals surface area (Å²) in [6, 6.07) is -0.0533. The first-order valence-corrected chi connectivity index (χ1v) is 6.48. The highest BCUT2D eigenvalue weighted by atomic mass is 16.3. The maximum Gasteiger partial charge on any atom is 0.226 e. The number of rotatable bonds is 6. The van der Waals surface area contributed by atoms with E-state index in [4.69, 9.17) is 0 Å². The average molecular weight is 264 g/mol. The Morgan fingerprint density at radius 1 is 1.37 bits per heavy atom. The van der Waals surface area contributed by atoms with Crippen LogP contribution in [0.4, 0.5) is 11.8 Å². The molecule has 2 heterocycles. The van der Waals surface area contributed by atoms with Crippen LogP contribution in [0.2, 0.25) is 0 Å². The maximum atomic E-state index is 9.41. The fourth-order valence-corrected chi connectivity index (χ4v) is 1.78. The van der Waals surface area contributed by atoms with Crippen molar-refractivity contribution in [1.29, 1.82) is 0 Å². The Kier molecular flexibility index (Phi) is 4.16. The molecule has 19 heavy (non-hydrogen) atoms. The summed E-state index contributed by atoms with van der Waals surface area (Å²) >= 11 is 0. The number of aliphatic hydroxyl groups is 1. The van der Waals surface area contributed by atoms with Gasteiger partial charge in [-0.25, -0.2) is 0 Å². The highest BCUT2D eigenvalue weighted by Gasteiger charge is 2.16. The van der Waals surface area contributed by atoms with Gasteiger partial charge >= 0.3 is 0 Å². The fourth-order valence-electron chi connectivity index (χ4n) is 1.78. The van der Waals surface area contributed by atoms with Gasteiger partial charge in [0.15, 0.2) is 5.65 Å². The SMILES string of the molecule is CCNc1nc(NC(CO)C(C)C)c2cn[nH]c2n1. The number of nitrogens with one attached hydrogen (secondary N) is 3. The molecule has 2 rings (SSSR count). The molecular formula is C12H20N6O. The Hall–Kier alpha value is -1.89. The van der Waals surface area contributed by atoms with Crippen molar-refractivity contribution in [3.8, 4) is 0 Å². The first kappa shape index (κ1) is 13.5. The Morgan fingerprint density at radius 3 is 2.79 bits per heavy atom. The van der Waals surface area contributed by atoms with E-state index < -0.39 is 0 Å². The molecule has 0 radical (unpaired) electrons. The standard InChI is InChI=1S/C12H20N6O/c1-4-13-12-16-10(15-9(6-19)7(2)3)8-5-14-18-11(8)17-12/h5,7,9,19H,4,6H2,1-3H3,(H3,13,14,15,16,17,18). The van der Waals surface area contributed by atoms with Gasteiger partial charge in [-0.15, -0.1) is 0 Å². The van der Waals surface area contributed by atoms with E-state index in [0.717, 1.165) is 11.9 Å². The highest BCUT2D eigenvalue weighted by Crippen LogP contribution is 2.21. The van der Waals surface area contributed by atoms with E-state index in [2.05, 4.69) is 30.8 Å². The molecule has 7 nitrogen and oxygen atoms in total. The minimum Gasteiger partial charge on any atom is -0.394 e.